The van der Waals surface area contributed by atoms with Gasteiger partial charge in [-0.2, -0.15) is 0 Å². The Kier molecular flexibility index (Phi) is 6.03. The topological polar surface area (TPSA) is 105 Å². The molecule has 35 heavy (non-hydrogen) atoms. The predicted molar refractivity (Wildman–Crippen MR) is 131 cm³/mol. The number of aliphatic carboxylic acids is 1. The summed E-state index contributed by atoms with van der Waals surface area (Å²) in [6.45, 7) is 3.82. The maximum atomic E-state index is 12.7. The first-order chi connectivity index (χ1) is 16.7. The number of rotatable bonds is 7. The van der Waals surface area contributed by atoms with Crippen molar-refractivity contribution in [3.8, 4) is 11.1 Å². The molecule has 5 rings (SSSR count). The van der Waals surface area contributed by atoms with Crippen LogP contribution in [0.25, 0.3) is 11.1 Å². The van der Waals surface area contributed by atoms with E-state index >= 15 is 0 Å². The van der Waals surface area contributed by atoms with Crippen LogP contribution < -0.4 is 10.6 Å². The number of alkyl carbamates (subject to hydrolysis) is 1. The third kappa shape index (κ3) is 4.64. The predicted octanol–water partition coefficient (Wildman–Crippen LogP) is 4.31. The molecule has 0 radical (unpaired) electrons. The third-order valence-electron chi connectivity index (χ3n) is 7.91. The lowest BCUT2D eigenvalue weighted by atomic mass is 9.71. The summed E-state index contributed by atoms with van der Waals surface area (Å²) >= 11 is 0. The van der Waals surface area contributed by atoms with E-state index in [1.54, 1.807) is 13.8 Å². The van der Waals surface area contributed by atoms with E-state index in [0.717, 1.165) is 17.5 Å². The normalized spacial score (nSPS) is 24.5. The number of nitrogens with one attached hydrogen (secondary N) is 2. The van der Waals surface area contributed by atoms with Gasteiger partial charge < -0.3 is 20.5 Å². The molecule has 0 saturated heterocycles. The van der Waals surface area contributed by atoms with Gasteiger partial charge in [-0.05, 0) is 67.2 Å². The quantitative estimate of drug-likeness (QED) is 0.552. The fourth-order valence-corrected chi connectivity index (χ4v) is 6.21. The first-order valence-electron chi connectivity index (χ1n) is 12.4. The molecule has 2 aromatic rings. The van der Waals surface area contributed by atoms with Gasteiger partial charge in [0.05, 0.1) is 5.92 Å². The smallest absolute Gasteiger partial charge is 0.407 e. The molecule has 2 saturated carbocycles. The van der Waals surface area contributed by atoms with Gasteiger partial charge in [-0.15, -0.1) is 0 Å². The number of hydrogen-bond donors (Lipinski definition) is 3. The Morgan fingerprint density at radius 2 is 1.60 bits per heavy atom. The van der Waals surface area contributed by atoms with Crippen molar-refractivity contribution >= 4 is 18.0 Å². The minimum atomic E-state index is -0.783. The minimum Gasteiger partial charge on any atom is -0.481 e. The van der Waals surface area contributed by atoms with Crippen molar-refractivity contribution in [1.29, 1.82) is 0 Å². The van der Waals surface area contributed by atoms with Crippen molar-refractivity contribution in [3.63, 3.8) is 0 Å². The number of benzene rings is 2. The number of carbonyl (C=O) groups is 3. The maximum Gasteiger partial charge on any atom is 0.407 e. The Balaban J connectivity index is 1.12. The van der Waals surface area contributed by atoms with Gasteiger partial charge in [0.15, 0.2) is 0 Å². The molecule has 0 bridgehead atoms. The van der Waals surface area contributed by atoms with E-state index in [4.69, 9.17) is 4.74 Å². The number of amides is 2. The molecular formula is C28H32N2O5. The third-order valence-corrected chi connectivity index (χ3v) is 7.91. The van der Waals surface area contributed by atoms with Crippen LogP contribution in [0.15, 0.2) is 48.5 Å². The molecule has 184 valence electrons. The molecule has 0 spiro atoms. The summed E-state index contributed by atoms with van der Waals surface area (Å²) in [6.07, 6.45) is 1.75. The number of hydrogen-bond acceptors (Lipinski definition) is 4. The van der Waals surface area contributed by atoms with Gasteiger partial charge in [-0.3, -0.25) is 9.59 Å². The van der Waals surface area contributed by atoms with Crippen molar-refractivity contribution in [2.75, 3.05) is 6.61 Å². The van der Waals surface area contributed by atoms with Crippen LogP contribution in [0.2, 0.25) is 0 Å². The monoisotopic (exact) mass is 476 g/mol. The Labute approximate surface area is 205 Å². The fourth-order valence-electron chi connectivity index (χ4n) is 6.21. The molecule has 2 aromatic carbocycles. The molecule has 3 aliphatic carbocycles. The highest BCUT2D eigenvalue weighted by molar-refractivity contribution is 5.80. The second-order valence-electron chi connectivity index (χ2n) is 10.9. The van der Waals surface area contributed by atoms with Crippen molar-refractivity contribution in [3.05, 3.63) is 59.7 Å². The van der Waals surface area contributed by atoms with Crippen LogP contribution in [0.1, 0.15) is 56.6 Å². The Morgan fingerprint density at radius 3 is 2.23 bits per heavy atom. The van der Waals surface area contributed by atoms with E-state index < -0.39 is 17.6 Å². The second kappa shape index (κ2) is 9.02. The van der Waals surface area contributed by atoms with Gasteiger partial charge in [-0.25, -0.2) is 4.79 Å². The van der Waals surface area contributed by atoms with Gasteiger partial charge in [-0.1, -0.05) is 48.5 Å². The molecule has 2 amide bonds. The standard InChI is InChI=1S/C28H32N2O5/c1-28(2,14-25(31)29-24-13-16-11-17(26(32)33)12-22(16)24)30-27(34)35-15-23-20-9-5-3-7-18(20)19-8-4-6-10-21(19)23/h3-10,16-17,22-24H,11-15H2,1-2H3,(H,29,31)(H,30,34)(H,32,33)/t16-,17?,22-,24+/m0/s1. The highest BCUT2D eigenvalue weighted by atomic mass is 16.5. The van der Waals surface area contributed by atoms with Crippen molar-refractivity contribution in [1.82, 2.24) is 10.6 Å². The summed E-state index contributed by atoms with van der Waals surface area (Å²) in [7, 11) is 0. The highest BCUT2D eigenvalue weighted by Crippen LogP contribution is 2.50. The van der Waals surface area contributed by atoms with Crippen LogP contribution >= 0.6 is 0 Å². The van der Waals surface area contributed by atoms with Gasteiger partial charge in [0, 0.05) is 23.9 Å². The summed E-state index contributed by atoms with van der Waals surface area (Å²) in [4.78, 5) is 36.6. The molecule has 3 N–H and O–H groups in total. The molecule has 0 aromatic heterocycles. The van der Waals surface area contributed by atoms with Gasteiger partial charge >= 0.3 is 12.1 Å². The Bertz CT molecular complexity index is 1110. The molecule has 1 unspecified atom stereocenters. The molecule has 7 heteroatoms. The van der Waals surface area contributed by atoms with Gasteiger partial charge in [0.1, 0.15) is 6.61 Å². The largest absolute Gasteiger partial charge is 0.481 e. The highest BCUT2D eigenvalue weighted by Gasteiger charge is 2.50. The van der Waals surface area contributed by atoms with E-state index in [2.05, 4.69) is 34.9 Å². The second-order valence-corrected chi connectivity index (χ2v) is 10.9. The first kappa shape index (κ1) is 23.4. The molecular weight excluding hydrogens is 444 g/mol. The van der Waals surface area contributed by atoms with Crippen LogP contribution in [0.5, 0.6) is 0 Å². The van der Waals surface area contributed by atoms with Crippen molar-refractivity contribution < 1.29 is 24.2 Å². The number of ether oxygens (including phenoxy) is 1. The van der Waals surface area contributed by atoms with Crippen LogP contribution in [0.3, 0.4) is 0 Å². The van der Waals surface area contributed by atoms with E-state index in [-0.39, 0.29) is 42.7 Å². The van der Waals surface area contributed by atoms with Gasteiger partial charge in [0.25, 0.3) is 0 Å². The van der Waals surface area contributed by atoms with Crippen molar-refractivity contribution in [2.24, 2.45) is 17.8 Å². The number of carboxylic acid groups (broad SMARTS) is 1. The molecule has 0 heterocycles. The fraction of sp³-hybridized carbons (Fsp3) is 0.464. The summed E-state index contributed by atoms with van der Waals surface area (Å²) in [6, 6.07) is 16.4. The summed E-state index contributed by atoms with van der Waals surface area (Å²) in [5.41, 5.74) is 3.86. The minimum absolute atomic E-state index is 0.0211. The summed E-state index contributed by atoms with van der Waals surface area (Å²) in [5, 5.41) is 15.1. The van der Waals surface area contributed by atoms with Crippen LogP contribution in [-0.2, 0) is 14.3 Å². The van der Waals surface area contributed by atoms with Crippen LogP contribution in [0.4, 0.5) is 4.79 Å². The average Bonchev–Trinajstić information content (AvgIpc) is 3.31. The lowest BCUT2D eigenvalue weighted by Crippen LogP contribution is -2.53. The Morgan fingerprint density at radius 1 is 0.971 bits per heavy atom. The Hall–Kier alpha value is -3.35. The zero-order valence-corrected chi connectivity index (χ0v) is 20.1. The molecule has 7 nitrogen and oxygen atoms in total. The number of fused-ring (bicyclic) bond motifs is 4. The SMILES string of the molecule is CC(C)(CC(=O)N[C@@H]1C[C@@H]2CC(C(=O)O)C[C@@H]21)NC(=O)OCC1c2ccccc2-c2ccccc21. The summed E-state index contributed by atoms with van der Waals surface area (Å²) in [5.74, 6) is -0.550. The zero-order chi connectivity index (χ0) is 24.7. The molecule has 0 aliphatic heterocycles. The number of carbonyl (C=O) groups excluding carboxylic acids is 2. The van der Waals surface area contributed by atoms with Gasteiger partial charge in [0.2, 0.25) is 5.91 Å². The van der Waals surface area contributed by atoms with E-state index in [9.17, 15) is 19.5 Å². The molecule has 4 atom stereocenters. The van der Waals surface area contributed by atoms with E-state index in [1.807, 2.05) is 24.3 Å². The number of carboxylic acids is 1. The first-order valence-corrected chi connectivity index (χ1v) is 12.4. The average molecular weight is 477 g/mol. The van der Waals surface area contributed by atoms with Crippen molar-refractivity contribution in [2.45, 2.75) is 57.0 Å². The van der Waals surface area contributed by atoms with Crippen LogP contribution in [0, 0.1) is 17.8 Å². The zero-order valence-electron chi connectivity index (χ0n) is 20.1. The lowest BCUT2D eigenvalue weighted by Gasteiger charge is -2.41. The molecule has 3 aliphatic rings. The van der Waals surface area contributed by atoms with E-state index in [0.29, 0.717) is 18.8 Å². The van der Waals surface area contributed by atoms with E-state index in [1.165, 1.54) is 11.1 Å². The lowest BCUT2D eigenvalue weighted by molar-refractivity contribution is -0.141. The molecule has 2 fully saturated rings. The van der Waals surface area contributed by atoms with Crippen LogP contribution in [-0.4, -0.2) is 41.3 Å². The maximum absolute atomic E-state index is 12.7. The summed E-state index contributed by atoms with van der Waals surface area (Å²) < 4.78 is 5.62.